The van der Waals surface area contributed by atoms with Crippen molar-refractivity contribution in [3.8, 4) is 0 Å². The maximum absolute atomic E-state index is 8.60. The molecule has 0 aliphatic heterocycles. The van der Waals surface area contributed by atoms with Crippen molar-refractivity contribution in [2.45, 2.75) is 20.3 Å². The molecule has 0 radical (unpaired) electrons. The van der Waals surface area contributed by atoms with Gasteiger partial charge in [-0.2, -0.15) is 0 Å². The first-order valence-corrected chi connectivity index (χ1v) is 7.19. The van der Waals surface area contributed by atoms with Crippen LogP contribution in [-0.4, -0.2) is 41.4 Å². The quantitative estimate of drug-likeness (QED) is 0.761. The Morgan fingerprint density at radius 1 is 1.32 bits per heavy atom. The first-order valence-electron chi connectivity index (χ1n) is 6.37. The van der Waals surface area contributed by atoms with Gasteiger partial charge < -0.3 is 15.2 Å². The Kier molecular flexibility index (Phi) is 5.07. The Bertz CT molecular complexity index is 542. The summed E-state index contributed by atoms with van der Waals surface area (Å²) in [6, 6.07) is 0. The average molecular weight is 281 g/mol. The molecule has 0 aliphatic carbocycles. The van der Waals surface area contributed by atoms with E-state index in [1.54, 1.807) is 17.7 Å². The SMILES string of the molecule is Cc1sc2ncnc(NCCCOCCO)c2c1C. The predicted molar refractivity (Wildman–Crippen MR) is 77.9 cm³/mol. The lowest BCUT2D eigenvalue weighted by molar-refractivity contribution is 0.0922. The molecule has 2 rings (SSSR count). The largest absolute Gasteiger partial charge is 0.394 e. The van der Waals surface area contributed by atoms with E-state index in [9.17, 15) is 0 Å². The van der Waals surface area contributed by atoms with Crippen molar-refractivity contribution in [1.82, 2.24) is 9.97 Å². The van der Waals surface area contributed by atoms with Crippen LogP contribution >= 0.6 is 11.3 Å². The number of thiophene rings is 1. The van der Waals surface area contributed by atoms with Gasteiger partial charge in [-0.05, 0) is 25.8 Å². The van der Waals surface area contributed by atoms with Crippen LogP contribution < -0.4 is 5.32 Å². The summed E-state index contributed by atoms with van der Waals surface area (Å²) in [5.74, 6) is 0.897. The van der Waals surface area contributed by atoms with Crippen LogP contribution in [-0.2, 0) is 4.74 Å². The zero-order chi connectivity index (χ0) is 13.7. The highest BCUT2D eigenvalue weighted by Gasteiger charge is 2.11. The van der Waals surface area contributed by atoms with Crippen molar-refractivity contribution < 1.29 is 9.84 Å². The number of aliphatic hydroxyl groups is 1. The minimum Gasteiger partial charge on any atom is -0.394 e. The molecule has 0 bridgehead atoms. The molecule has 0 aromatic carbocycles. The second-order valence-corrected chi connectivity index (χ2v) is 5.51. The molecular formula is C13H19N3O2S. The zero-order valence-electron chi connectivity index (χ0n) is 11.3. The molecule has 2 N–H and O–H groups in total. The lowest BCUT2D eigenvalue weighted by Crippen LogP contribution is -2.08. The maximum atomic E-state index is 8.60. The van der Waals surface area contributed by atoms with Crippen LogP contribution in [0.1, 0.15) is 16.9 Å². The number of nitrogens with zero attached hydrogens (tertiary/aromatic N) is 2. The number of anilines is 1. The number of rotatable bonds is 7. The number of ether oxygens (including phenoxy) is 1. The number of hydrogen-bond acceptors (Lipinski definition) is 6. The van der Waals surface area contributed by atoms with Crippen LogP contribution in [0.15, 0.2) is 6.33 Å². The van der Waals surface area contributed by atoms with Gasteiger partial charge in [0.05, 0.1) is 18.6 Å². The molecule has 0 unspecified atom stereocenters. The fourth-order valence-corrected chi connectivity index (χ4v) is 2.86. The standard InChI is InChI=1S/C13H19N3O2S/c1-9-10(2)19-13-11(9)12(15-8-16-13)14-4-3-6-18-7-5-17/h8,17H,3-7H2,1-2H3,(H,14,15,16). The summed E-state index contributed by atoms with van der Waals surface area (Å²) in [6.07, 6.45) is 2.48. The summed E-state index contributed by atoms with van der Waals surface area (Å²) in [7, 11) is 0. The molecule has 6 heteroatoms. The van der Waals surface area contributed by atoms with Gasteiger partial charge in [0.2, 0.25) is 0 Å². The molecular weight excluding hydrogens is 262 g/mol. The molecule has 2 aromatic heterocycles. The molecule has 0 atom stereocenters. The Morgan fingerprint density at radius 3 is 2.95 bits per heavy atom. The summed E-state index contributed by atoms with van der Waals surface area (Å²) in [5.41, 5.74) is 1.25. The van der Waals surface area contributed by atoms with E-state index < -0.39 is 0 Å². The highest BCUT2D eigenvalue weighted by Crippen LogP contribution is 2.32. The minimum atomic E-state index is 0.0767. The molecule has 5 nitrogen and oxygen atoms in total. The highest BCUT2D eigenvalue weighted by atomic mass is 32.1. The number of aliphatic hydroxyl groups excluding tert-OH is 1. The fourth-order valence-electron chi connectivity index (χ4n) is 1.86. The van der Waals surface area contributed by atoms with Crippen LogP contribution in [0.25, 0.3) is 10.2 Å². The van der Waals surface area contributed by atoms with Gasteiger partial charge in [-0.1, -0.05) is 0 Å². The van der Waals surface area contributed by atoms with Crippen LogP contribution in [0, 0.1) is 13.8 Å². The van der Waals surface area contributed by atoms with E-state index in [4.69, 9.17) is 9.84 Å². The van der Waals surface area contributed by atoms with Crippen LogP contribution in [0.5, 0.6) is 0 Å². The number of aryl methyl sites for hydroxylation is 2. The van der Waals surface area contributed by atoms with Crippen LogP contribution in [0.2, 0.25) is 0 Å². The summed E-state index contributed by atoms with van der Waals surface area (Å²) in [5, 5.41) is 13.1. The first kappa shape index (κ1) is 14.2. The molecule has 2 aromatic rings. The van der Waals surface area contributed by atoms with Crippen molar-refractivity contribution in [2.24, 2.45) is 0 Å². The molecule has 19 heavy (non-hydrogen) atoms. The third-order valence-corrected chi connectivity index (χ3v) is 4.07. The van der Waals surface area contributed by atoms with E-state index in [1.165, 1.54) is 10.4 Å². The first-order chi connectivity index (χ1) is 9.24. The van der Waals surface area contributed by atoms with Gasteiger partial charge in [0.1, 0.15) is 17.0 Å². The summed E-state index contributed by atoms with van der Waals surface area (Å²) >= 11 is 1.70. The van der Waals surface area contributed by atoms with Crippen molar-refractivity contribution in [2.75, 3.05) is 31.7 Å². The highest BCUT2D eigenvalue weighted by molar-refractivity contribution is 7.18. The summed E-state index contributed by atoms with van der Waals surface area (Å²) in [4.78, 5) is 10.9. The second kappa shape index (κ2) is 6.79. The summed E-state index contributed by atoms with van der Waals surface area (Å²) in [6.45, 7) is 6.13. The molecule has 0 saturated heterocycles. The number of nitrogens with one attached hydrogen (secondary N) is 1. The van der Waals surface area contributed by atoms with E-state index >= 15 is 0 Å². The van der Waals surface area contributed by atoms with Gasteiger partial charge in [-0.25, -0.2) is 9.97 Å². The number of aromatic nitrogens is 2. The lowest BCUT2D eigenvalue weighted by Gasteiger charge is -2.07. The van der Waals surface area contributed by atoms with Gasteiger partial charge in [-0.15, -0.1) is 11.3 Å². The minimum absolute atomic E-state index is 0.0767. The fraction of sp³-hybridized carbons (Fsp3) is 0.538. The Hall–Kier alpha value is -1.24. The lowest BCUT2D eigenvalue weighted by atomic mass is 10.2. The molecule has 2 heterocycles. The molecule has 0 aliphatic rings. The van der Waals surface area contributed by atoms with E-state index in [0.717, 1.165) is 29.0 Å². The van der Waals surface area contributed by atoms with Crippen molar-refractivity contribution in [1.29, 1.82) is 0 Å². The van der Waals surface area contributed by atoms with Crippen molar-refractivity contribution in [3.63, 3.8) is 0 Å². The van der Waals surface area contributed by atoms with E-state index in [1.807, 2.05) is 0 Å². The Balaban J connectivity index is 1.97. The van der Waals surface area contributed by atoms with Crippen molar-refractivity contribution >= 4 is 27.4 Å². The molecule has 104 valence electrons. The average Bonchev–Trinajstić information content (AvgIpc) is 2.70. The molecule has 0 spiro atoms. The van der Waals surface area contributed by atoms with Gasteiger partial charge in [0.25, 0.3) is 0 Å². The molecule has 0 fully saturated rings. The Labute approximate surface area is 116 Å². The van der Waals surface area contributed by atoms with Gasteiger partial charge in [0, 0.05) is 18.0 Å². The molecule has 0 amide bonds. The van der Waals surface area contributed by atoms with Gasteiger partial charge in [-0.3, -0.25) is 0 Å². The topological polar surface area (TPSA) is 67.3 Å². The predicted octanol–water partition coefficient (Wildman–Crippen LogP) is 2.12. The smallest absolute Gasteiger partial charge is 0.138 e. The number of hydrogen-bond donors (Lipinski definition) is 2. The van der Waals surface area contributed by atoms with E-state index in [0.29, 0.717) is 13.2 Å². The normalized spacial score (nSPS) is 11.1. The number of fused-ring (bicyclic) bond motifs is 1. The molecule has 0 saturated carbocycles. The van der Waals surface area contributed by atoms with Crippen LogP contribution in [0.3, 0.4) is 0 Å². The summed E-state index contributed by atoms with van der Waals surface area (Å²) < 4.78 is 5.22. The third-order valence-electron chi connectivity index (χ3n) is 2.96. The third kappa shape index (κ3) is 3.40. The monoisotopic (exact) mass is 281 g/mol. The van der Waals surface area contributed by atoms with Gasteiger partial charge in [0.15, 0.2) is 0 Å². The Morgan fingerprint density at radius 2 is 2.16 bits per heavy atom. The van der Waals surface area contributed by atoms with Gasteiger partial charge >= 0.3 is 0 Å². The zero-order valence-corrected chi connectivity index (χ0v) is 12.1. The second-order valence-electron chi connectivity index (χ2n) is 4.30. The van der Waals surface area contributed by atoms with E-state index in [-0.39, 0.29) is 6.61 Å². The van der Waals surface area contributed by atoms with Crippen molar-refractivity contribution in [3.05, 3.63) is 16.8 Å². The van der Waals surface area contributed by atoms with Crippen LogP contribution in [0.4, 0.5) is 5.82 Å². The maximum Gasteiger partial charge on any atom is 0.138 e. The van der Waals surface area contributed by atoms with E-state index in [2.05, 4.69) is 29.1 Å².